The molecule has 0 saturated heterocycles. The lowest BCUT2D eigenvalue weighted by atomic mass is 9.89. The van der Waals surface area contributed by atoms with E-state index < -0.39 is 5.60 Å². The van der Waals surface area contributed by atoms with Crippen molar-refractivity contribution in [3.05, 3.63) is 51.3 Å². The molecular formula is C16H18BrN3O. The van der Waals surface area contributed by atoms with Crippen molar-refractivity contribution in [1.82, 2.24) is 9.78 Å². The van der Waals surface area contributed by atoms with E-state index in [0.29, 0.717) is 0 Å². The molecule has 4 nitrogen and oxygen atoms in total. The van der Waals surface area contributed by atoms with E-state index in [0.717, 1.165) is 33.4 Å². The van der Waals surface area contributed by atoms with E-state index in [1.54, 1.807) is 0 Å². The molecular weight excluding hydrogens is 330 g/mol. The summed E-state index contributed by atoms with van der Waals surface area (Å²) in [5.41, 5.74) is 4.94. The maximum absolute atomic E-state index is 5.78. The van der Waals surface area contributed by atoms with E-state index in [2.05, 4.69) is 58.2 Å². The summed E-state index contributed by atoms with van der Waals surface area (Å²) in [5.74, 6) is 0. The Morgan fingerprint density at radius 1 is 1.33 bits per heavy atom. The van der Waals surface area contributed by atoms with Gasteiger partial charge in [0.15, 0.2) is 5.60 Å². The van der Waals surface area contributed by atoms with Crippen molar-refractivity contribution < 1.29 is 4.84 Å². The van der Waals surface area contributed by atoms with Gasteiger partial charge in [0.2, 0.25) is 0 Å². The highest BCUT2D eigenvalue weighted by molar-refractivity contribution is 9.10. The Kier molecular flexibility index (Phi) is 3.40. The van der Waals surface area contributed by atoms with Crippen LogP contribution >= 0.6 is 15.9 Å². The summed E-state index contributed by atoms with van der Waals surface area (Å²) in [6.07, 6.45) is 2.77. The maximum atomic E-state index is 5.78. The molecule has 1 atom stereocenters. The minimum Gasteiger partial charge on any atom is -0.384 e. The Balaban J connectivity index is 1.90. The monoisotopic (exact) mass is 347 g/mol. The predicted octanol–water partition coefficient (Wildman–Crippen LogP) is 3.84. The standard InChI is InChI=1S/C16H18BrN3O/c1-10-7-12(5-6-14(10)17)15-8-16(3,21-19-15)13-9-20(4)18-11(13)2/h5-7,9H,8H2,1-4H3. The van der Waals surface area contributed by atoms with E-state index >= 15 is 0 Å². The van der Waals surface area contributed by atoms with Crippen LogP contribution in [-0.4, -0.2) is 15.5 Å². The Hall–Kier alpha value is -1.62. The summed E-state index contributed by atoms with van der Waals surface area (Å²) in [4.78, 5) is 5.78. The van der Waals surface area contributed by atoms with Crippen LogP contribution in [0.15, 0.2) is 34.0 Å². The number of rotatable bonds is 2. The Labute approximate surface area is 132 Å². The molecule has 3 rings (SSSR count). The third-order valence-corrected chi connectivity index (χ3v) is 4.83. The first-order valence-electron chi connectivity index (χ1n) is 6.91. The van der Waals surface area contributed by atoms with Crippen molar-refractivity contribution >= 4 is 21.6 Å². The van der Waals surface area contributed by atoms with Gasteiger partial charge in [0, 0.05) is 29.7 Å². The second-order valence-corrected chi connectivity index (χ2v) is 6.66. The summed E-state index contributed by atoms with van der Waals surface area (Å²) in [6, 6.07) is 6.26. The third-order valence-electron chi connectivity index (χ3n) is 3.94. The van der Waals surface area contributed by atoms with Crippen LogP contribution in [0.1, 0.15) is 35.7 Å². The zero-order valence-electron chi connectivity index (χ0n) is 12.6. The molecule has 0 radical (unpaired) electrons. The van der Waals surface area contributed by atoms with Crippen LogP contribution in [0.3, 0.4) is 0 Å². The fourth-order valence-corrected chi connectivity index (χ4v) is 3.03. The fraction of sp³-hybridized carbons (Fsp3) is 0.375. The van der Waals surface area contributed by atoms with Gasteiger partial charge in [0.25, 0.3) is 0 Å². The Morgan fingerprint density at radius 3 is 2.71 bits per heavy atom. The summed E-state index contributed by atoms with van der Waals surface area (Å²) in [5, 5.41) is 8.72. The number of halogens is 1. The van der Waals surface area contributed by atoms with Crippen molar-refractivity contribution in [2.75, 3.05) is 0 Å². The predicted molar refractivity (Wildman–Crippen MR) is 86.4 cm³/mol. The fourth-order valence-electron chi connectivity index (χ4n) is 2.78. The summed E-state index contributed by atoms with van der Waals surface area (Å²) in [6.45, 7) is 6.15. The molecule has 0 fully saturated rings. The molecule has 1 unspecified atom stereocenters. The first kappa shape index (κ1) is 14.3. The highest BCUT2D eigenvalue weighted by atomic mass is 79.9. The number of oxime groups is 1. The van der Waals surface area contributed by atoms with E-state index in [1.165, 1.54) is 5.56 Å². The van der Waals surface area contributed by atoms with Crippen molar-refractivity contribution in [2.24, 2.45) is 12.2 Å². The second-order valence-electron chi connectivity index (χ2n) is 5.80. The lowest BCUT2D eigenvalue weighted by molar-refractivity contribution is -0.00789. The Bertz CT molecular complexity index is 735. The first-order chi connectivity index (χ1) is 9.89. The average Bonchev–Trinajstić information content (AvgIpc) is 2.97. The minimum atomic E-state index is -0.436. The van der Waals surface area contributed by atoms with Gasteiger partial charge in [-0.1, -0.05) is 27.2 Å². The number of aryl methyl sites for hydroxylation is 3. The summed E-state index contributed by atoms with van der Waals surface area (Å²) in [7, 11) is 1.93. The quantitative estimate of drug-likeness (QED) is 0.827. The third kappa shape index (κ3) is 2.50. The molecule has 0 bridgehead atoms. The molecule has 5 heteroatoms. The molecule has 1 aliphatic rings. The van der Waals surface area contributed by atoms with Crippen LogP contribution in [0.5, 0.6) is 0 Å². The van der Waals surface area contributed by atoms with Crippen LogP contribution in [0, 0.1) is 13.8 Å². The molecule has 0 aliphatic carbocycles. The molecule has 0 saturated carbocycles. The largest absolute Gasteiger partial charge is 0.384 e. The molecule has 2 aromatic rings. The van der Waals surface area contributed by atoms with Gasteiger partial charge in [0.05, 0.1) is 11.4 Å². The SMILES string of the molecule is Cc1cc(C2=NOC(C)(c3cn(C)nc3C)C2)ccc1Br. The summed E-state index contributed by atoms with van der Waals surface area (Å²) < 4.78 is 2.93. The highest BCUT2D eigenvalue weighted by Gasteiger charge is 2.39. The zero-order chi connectivity index (χ0) is 15.2. The normalized spacial score (nSPS) is 21.3. The smallest absolute Gasteiger partial charge is 0.168 e. The van der Waals surface area contributed by atoms with Crippen LogP contribution in [0.4, 0.5) is 0 Å². The van der Waals surface area contributed by atoms with Gasteiger partial charge in [0.1, 0.15) is 0 Å². The molecule has 2 heterocycles. The molecule has 110 valence electrons. The summed E-state index contributed by atoms with van der Waals surface area (Å²) >= 11 is 3.53. The number of aromatic nitrogens is 2. The van der Waals surface area contributed by atoms with Crippen molar-refractivity contribution in [2.45, 2.75) is 32.8 Å². The zero-order valence-corrected chi connectivity index (χ0v) is 14.2. The second kappa shape index (κ2) is 4.98. The van der Waals surface area contributed by atoms with E-state index in [4.69, 9.17) is 4.84 Å². The molecule has 1 aliphatic heterocycles. The number of nitrogens with zero attached hydrogens (tertiary/aromatic N) is 3. The van der Waals surface area contributed by atoms with Crippen LogP contribution in [-0.2, 0) is 17.5 Å². The van der Waals surface area contributed by atoms with Gasteiger partial charge in [-0.25, -0.2) is 0 Å². The number of hydrogen-bond acceptors (Lipinski definition) is 3. The van der Waals surface area contributed by atoms with Crippen molar-refractivity contribution in [3.63, 3.8) is 0 Å². The van der Waals surface area contributed by atoms with E-state index in [1.807, 2.05) is 24.9 Å². The maximum Gasteiger partial charge on any atom is 0.168 e. The van der Waals surface area contributed by atoms with E-state index in [-0.39, 0.29) is 0 Å². The van der Waals surface area contributed by atoms with Gasteiger partial charge >= 0.3 is 0 Å². The molecule has 1 aromatic heterocycles. The molecule has 21 heavy (non-hydrogen) atoms. The van der Waals surface area contributed by atoms with Crippen LogP contribution < -0.4 is 0 Å². The molecule has 0 spiro atoms. The number of hydrogen-bond donors (Lipinski definition) is 0. The molecule has 0 amide bonds. The highest BCUT2D eigenvalue weighted by Crippen LogP contribution is 2.37. The van der Waals surface area contributed by atoms with Gasteiger partial charge in [-0.15, -0.1) is 0 Å². The van der Waals surface area contributed by atoms with Gasteiger partial charge in [-0.2, -0.15) is 5.10 Å². The van der Waals surface area contributed by atoms with Crippen molar-refractivity contribution in [3.8, 4) is 0 Å². The van der Waals surface area contributed by atoms with Gasteiger partial charge < -0.3 is 4.84 Å². The van der Waals surface area contributed by atoms with Crippen LogP contribution in [0.25, 0.3) is 0 Å². The number of benzene rings is 1. The topological polar surface area (TPSA) is 39.4 Å². The van der Waals surface area contributed by atoms with Crippen LogP contribution in [0.2, 0.25) is 0 Å². The molecule has 0 N–H and O–H groups in total. The first-order valence-corrected chi connectivity index (χ1v) is 7.71. The van der Waals surface area contributed by atoms with Gasteiger partial charge in [-0.05, 0) is 44.0 Å². The van der Waals surface area contributed by atoms with Crippen molar-refractivity contribution in [1.29, 1.82) is 0 Å². The van der Waals surface area contributed by atoms with E-state index in [9.17, 15) is 0 Å². The molecule has 1 aromatic carbocycles. The lowest BCUT2D eigenvalue weighted by Gasteiger charge is -2.20. The Morgan fingerprint density at radius 2 is 2.10 bits per heavy atom. The minimum absolute atomic E-state index is 0.436. The van der Waals surface area contributed by atoms with Gasteiger partial charge in [-0.3, -0.25) is 4.68 Å². The average molecular weight is 348 g/mol. The lowest BCUT2D eigenvalue weighted by Crippen LogP contribution is -2.22.